The van der Waals surface area contributed by atoms with E-state index in [0.29, 0.717) is 5.95 Å². The Bertz CT molecular complexity index is 1920. The number of anilines is 2. The minimum absolute atomic E-state index is 0.0214. The molecule has 3 aliphatic carbocycles. The van der Waals surface area contributed by atoms with Gasteiger partial charge in [0.1, 0.15) is 5.69 Å². The van der Waals surface area contributed by atoms with Crippen molar-refractivity contribution in [2.45, 2.75) is 11.3 Å². The fraction of sp³-hybridized carbons (Fsp3) is 0.125. The topological polar surface area (TPSA) is 134 Å². The van der Waals surface area contributed by atoms with Crippen LogP contribution in [0.5, 0.6) is 0 Å². The van der Waals surface area contributed by atoms with Crippen molar-refractivity contribution < 1.29 is 14.5 Å². The van der Waals surface area contributed by atoms with Gasteiger partial charge in [-0.3, -0.25) is 19.7 Å². The number of nitrogens with one attached hydrogen (secondary N) is 2. The Morgan fingerprint density at radius 3 is 2.24 bits per heavy atom. The minimum Gasteiger partial charge on any atom is -0.323 e. The van der Waals surface area contributed by atoms with Crippen LogP contribution < -0.4 is 10.3 Å². The second kappa shape index (κ2) is 8.68. The van der Waals surface area contributed by atoms with Crippen molar-refractivity contribution in [1.82, 2.24) is 9.97 Å². The molecular weight excluding hydrogens is 532 g/mol. The van der Waals surface area contributed by atoms with Gasteiger partial charge >= 0.3 is 0 Å². The zero-order chi connectivity index (χ0) is 28.6. The molecule has 4 aromatic carbocycles. The number of hydrogen-bond donors (Lipinski definition) is 2. The number of nitro benzene ring substituents is 1. The first-order valence-corrected chi connectivity index (χ1v) is 13.6. The zero-order valence-electron chi connectivity index (χ0n) is 22.0. The van der Waals surface area contributed by atoms with E-state index >= 15 is 0 Å². The molecule has 2 heterocycles. The highest BCUT2D eigenvalue weighted by Gasteiger charge is 2.68. The summed E-state index contributed by atoms with van der Waals surface area (Å²) < 4.78 is 0. The number of para-hydroxylation sites is 4. The average Bonchev–Trinajstić information content (AvgIpc) is 3.55. The SMILES string of the molecule is O=C1[C@@H]2[C@@H](C(=O)N1c1ccccc1[N+](=O)[O-])C1c3ccccc3C2(/C=N\Nc2nc3ccccc3[nH]2)c2ccccc21. The molecule has 1 aromatic heterocycles. The lowest BCUT2D eigenvalue weighted by molar-refractivity contribution is -0.384. The van der Waals surface area contributed by atoms with Gasteiger partial charge in [-0.1, -0.05) is 72.8 Å². The van der Waals surface area contributed by atoms with Gasteiger partial charge in [0.15, 0.2) is 0 Å². The number of amides is 2. The first-order chi connectivity index (χ1) is 20.5. The molecule has 0 spiro atoms. The van der Waals surface area contributed by atoms with Gasteiger partial charge in [-0.2, -0.15) is 5.10 Å². The first-order valence-electron chi connectivity index (χ1n) is 13.6. The summed E-state index contributed by atoms with van der Waals surface area (Å²) in [5.41, 5.74) is 6.84. The normalized spacial score (nSPS) is 23.7. The van der Waals surface area contributed by atoms with E-state index in [0.717, 1.165) is 38.2 Å². The molecule has 4 aliphatic rings. The van der Waals surface area contributed by atoms with Crippen LogP contribution in [0.15, 0.2) is 102 Å². The highest BCUT2D eigenvalue weighted by atomic mass is 16.6. The molecule has 2 bridgehead atoms. The lowest BCUT2D eigenvalue weighted by Crippen LogP contribution is -2.54. The highest BCUT2D eigenvalue weighted by Crippen LogP contribution is 2.64. The van der Waals surface area contributed by atoms with E-state index < -0.39 is 34.0 Å². The predicted molar refractivity (Wildman–Crippen MR) is 156 cm³/mol. The molecule has 2 amide bonds. The van der Waals surface area contributed by atoms with Crippen molar-refractivity contribution in [2.24, 2.45) is 16.9 Å². The van der Waals surface area contributed by atoms with Gasteiger partial charge in [-0.05, 0) is 40.5 Å². The van der Waals surface area contributed by atoms with Gasteiger partial charge < -0.3 is 4.98 Å². The van der Waals surface area contributed by atoms with Crippen LogP contribution in [0.3, 0.4) is 0 Å². The second-order valence-electron chi connectivity index (χ2n) is 10.8. The molecule has 10 heteroatoms. The minimum atomic E-state index is -1.11. The van der Waals surface area contributed by atoms with Crippen molar-refractivity contribution >= 4 is 46.4 Å². The van der Waals surface area contributed by atoms with Crippen molar-refractivity contribution in [2.75, 3.05) is 10.3 Å². The second-order valence-corrected chi connectivity index (χ2v) is 10.8. The predicted octanol–water partition coefficient (Wildman–Crippen LogP) is 5.12. The number of hydrogen-bond acceptors (Lipinski definition) is 7. The summed E-state index contributed by atoms with van der Waals surface area (Å²) in [6.45, 7) is 0. The smallest absolute Gasteiger partial charge is 0.293 e. The van der Waals surface area contributed by atoms with Crippen LogP contribution in [0.4, 0.5) is 17.3 Å². The fourth-order valence-corrected chi connectivity index (χ4v) is 7.30. The van der Waals surface area contributed by atoms with E-state index in [1.54, 1.807) is 12.3 Å². The van der Waals surface area contributed by atoms with Crippen molar-refractivity contribution in [3.8, 4) is 0 Å². The molecule has 0 radical (unpaired) electrons. The van der Waals surface area contributed by atoms with Gasteiger partial charge in [-0.25, -0.2) is 15.3 Å². The Morgan fingerprint density at radius 2 is 1.52 bits per heavy atom. The lowest BCUT2D eigenvalue weighted by atomic mass is 9.47. The molecule has 0 unspecified atom stereocenters. The molecule has 42 heavy (non-hydrogen) atoms. The third-order valence-corrected chi connectivity index (χ3v) is 8.83. The van der Waals surface area contributed by atoms with Crippen LogP contribution in [0.25, 0.3) is 11.0 Å². The summed E-state index contributed by atoms with van der Waals surface area (Å²) in [4.78, 5) is 48.9. The monoisotopic (exact) mass is 554 g/mol. The number of hydrazone groups is 1. The Hall–Kier alpha value is -5.64. The number of H-pyrrole nitrogens is 1. The van der Waals surface area contributed by atoms with E-state index in [2.05, 4.69) is 20.5 Å². The fourth-order valence-electron chi connectivity index (χ4n) is 7.30. The maximum Gasteiger partial charge on any atom is 0.293 e. The van der Waals surface area contributed by atoms with E-state index in [9.17, 15) is 19.7 Å². The lowest BCUT2D eigenvalue weighted by Gasteiger charge is -2.52. The van der Waals surface area contributed by atoms with Crippen molar-refractivity contribution in [3.63, 3.8) is 0 Å². The highest BCUT2D eigenvalue weighted by molar-refractivity contribution is 6.25. The Kier molecular flexibility index (Phi) is 5.00. The third kappa shape index (κ3) is 3.08. The summed E-state index contributed by atoms with van der Waals surface area (Å²) in [5, 5.41) is 16.6. The molecule has 1 fully saturated rings. The van der Waals surface area contributed by atoms with Crippen LogP contribution in [0, 0.1) is 22.0 Å². The molecule has 2 atom stereocenters. The number of carbonyl (C=O) groups excluding carboxylic acids is 2. The number of rotatable bonds is 5. The summed E-state index contributed by atoms with van der Waals surface area (Å²) in [6, 6.07) is 29.1. The first kappa shape index (κ1) is 24.2. The summed E-state index contributed by atoms with van der Waals surface area (Å²) in [5.74, 6) is -2.51. The van der Waals surface area contributed by atoms with Crippen molar-refractivity contribution in [3.05, 3.63) is 129 Å². The molecular formula is C32H22N6O4. The maximum absolute atomic E-state index is 14.5. The molecule has 2 N–H and O–H groups in total. The van der Waals surface area contributed by atoms with Gasteiger partial charge in [0.25, 0.3) is 5.69 Å². The number of nitrogens with zero attached hydrogens (tertiary/aromatic N) is 4. The van der Waals surface area contributed by atoms with E-state index in [4.69, 9.17) is 0 Å². The van der Waals surface area contributed by atoms with Crippen LogP contribution in [0.2, 0.25) is 0 Å². The zero-order valence-corrected chi connectivity index (χ0v) is 22.0. The standard InChI is InChI=1S/C32H22N6O4/c39-29-27-26-18-9-1-3-11-20(18)32(21-12-4-2-10-19(21)26,17-33-36-31-34-22-13-5-6-14-23(22)35-31)28(27)30(40)37(29)24-15-7-8-16-25(24)38(41)42/h1-17,26-28H,(H2,34,35,36)/b33-17-/t26?,27-,28-,32?/m0/s1. The Balaban J connectivity index is 1.33. The van der Waals surface area contributed by atoms with E-state index in [-0.39, 0.29) is 17.3 Å². The quantitative estimate of drug-likeness (QED) is 0.134. The summed E-state index contributed by atoms with van der Waals surface area (Å²) in [6.07, 6.45) is 1.71. The van der Waals surface area contributed by atoms with Gasteiger partial charge in [0, 0.05) is 18.2 Å². The van der Waals surface area contributed by atoms with E-state index in [1.807, 2.05) is 72.8 Å². The number of aromatic amines is 1. The molecule has 0 saturated carbocycles. The summed E-state index contributed by atoms with van der Waals surface area (Å²) >= 11 is 0. The number of benzene rings is 4. The number of aromatic nitrogens is 2. The molecule has 1 aliphatic heterocycles. The van der Waals surface area contributed by atoms with Crippen LogP contribution >= 0.6 is 0 Å². The van der Waals surface area contributed by atoms with Crippen LogP contribution in [-0.4, -0.2) is 32.9 Å². The maximum atomic E-state index is 14.5. The van der Waals surface area contributed by atoms with Crippen LogP contribution in [0.1, 0.15) is 28.2 Å². The number of carbonyl (C=O) groups is 2. The Morgan fingerprint density at radius 1 is 0.881 bits per heavy atom. The molecule has 9 rings (SSSR count). The molecule has 1 saturated heterocycles. The van der Waals surface area contributed by atoms with Gasteiger partial charge in [-0.15, -0.1) is 0 Å². The molecule has 204 valence electrons. The third-order valence-electron chi connectivity index (χ3n) is 8.83. The molecule has 10 nitrogen and oxygen atoms in total. The summed E-state index contributed by atoms with van der Waals surface area (Å²) in [7, 11) is 0. The van der Waals surface area contributed by atoms with Gasteiger partial charge in [0.05, 0.1) is 33.2 Å². The molecule has 5 aromatic rings. The Labute approximate surface area is 238 Å². The van der Waals surface area contributed by atoms with Crippen LogP contribution in [-0.2, 0) is 15.0 Å². The number of fused-ring (bicyclic) bond motifs is 1. The largest absolute Gasteiger partial charge is 0.323 e. The van der Waals surface area contributed by atoms with Gasteiger partial charge in [0.2, 0.25) is 17.8 Å². The number of imide groups is 1. The number of nitro groups is 1. The van der Waals surface area contributed by atoms with Crippen molar-refractivity contribution in [1.29, 1.82) is 0 Å². The average molecular weight is 555 g/mol. The number of imidazole rings is 1. The van der Waals surface area contributed by atoms with E-state index in [1.165, 1.54) is 18.2 Å².